The fourth-order valence-corrected chi connectivity index (χ4v) is 5.76. The van der Waals surface area contributed by atoms with Crippen LogP contribution >= 0.6 is 11.6 Å². The van der Waals surface area contributed by atoms with E-state index < -0.39 is 0 Å². The summed E-state index contributed by atoms with van der Waals surface area (Å²) in [5.41, 5.74) is 0. The standard InChI is InChI=1S/C21H34ClN3O3/c1-13-3-5-15(6-4-13)9-24-18(26)10-25(20-14(2)7-17(22)8-23-20)21(27)19(24)16-11-28-12-16/h13-17,19-20,23H,3-12H2,1-2H3/t13?,14?,15?,17?,19-,20?/m0/s1. The van der Waals surface area contributed by atoms with Crippen molar-refractivity contribution in [2.24, 2.45) is 23.7 Å². The molecular weight excluding hydrogens is 378 g/mol. The van der Waals surface area contributed by atoms with Crippen LogP contribution in [0.3, 0.4) is 0 Å². The lowest BCUT2D eigenvalue weighted by Crippen LogP contribution is -2.70. The molecule has 0 aromatic carbocycles. The molecule has 4 atom stereocenters. The average Bonchev–Trinajstić information content (AvgIpc) is 2.61. The summed E-state index contributed by atoms with van der Waals surface area (Å²) in [5.74, 6) is 1.85. The Morgan fingerprint density at radius 1 is 1.14 bits per heavy atom. The molecule has 1 N–H and O–H groups in total. The van der Waals surface area contributed by atoms with E-state index in [0.717, 1.165) is 31.7 Å². The van der Waals surface area contributed by atoms with Crippen molar-refractivity contribution in [1.29, 1.82) is 0 Å². The lowest BCUT2D eigenvalue weighted by Gasteiger charge is -2.50. The number of amides is 2. The van der Waals surface area contributed by atoms with E-state index in [1.807, 2.05) is 4.90 Å². The monoisotopic (exact) mass is 411 g/mol. The largest absolute Gasteiger partial charge is 0.380 e. The van der Waals surface area contributed by atoms with Crippen molar-refractivity contribution in [2.45, 2.75) is 63.5 Å². The molecule has 1 aliphatic carbocycles. The minimum absolute atomic E-state index is 0.0860. The number of carbonyl (C=O) groups excluding carboxylic acids is 2. The number of carbonyl (C=O) groups is 2. The SMILES string of the molecule is CC1CCC(CN2C(=O)CN(C3NCC(Cl)CC3C)C(=O)[C@@H]2C2COC2)CC1. The number of nitrogens with one attached hydrogen (secondary N) is 1. The number of hydrogen-bond acceptors (Lipinski definition) is 4. The van der Waals surface area contributed by atoms with Gasteiger partial charge in [0, 0.05) is 24.4 Å². The van der Waals surface area contributed by atoms with Gasteiger partial charge in [0.1, 0.15) is 12.6 Å². The number of alkyl halides is 1. The smallest absolute Gasteiger partial charge is 0.247 e. The summed E-state index contributed by atoms with van der Waals surface area (Å²) in [6.07, 6.45) is 5.54. The van der Waals surface area contributed by atoms with Crippen molar-refractivity contribution in [3.8, 4) is 0 Å². The zero-order valence-corrected chi connectivity index (χ0v) is 17.9. The Morgan fingerprint density at radius 3 is 2.46 bits per heavy atom. The second-order valence-corrected chi connectivity index (χ2v) is 10.2. The van der Waals surface area contributed by atoms with Crippen molar-refractivity contribution in [3.63, 3.8) is 0 Å². The van der Waals surface area contributed by atoms with E-state index in [4.69, 9.17) is 16.3 Å². The first-order valence-corrected chi connectivity index (χ1v) is 11.4. The van der Waals surface area contributed by atoms with Gasteiger partial charge in [0.05, 0.1) is 19.4 Å². The van der Waals surface area contributed by atoms with Crippen LogP contribution < -0.4 is 5.32 Å². The molecular formula is C21H34ClN3O3. The molecule has 4 fully saturated rings. The number of nitrogens with zero attached hydrogens (tertiary/aromatic N) is 2. The highest BCUT2D eigenvalue weighted by Crippen LogP contribution is 2.33. The molecule has 0 radical (unpaired) electrons. The van der Waals surface area contributed by atoms with Gasteiger partial charge in [0.2, 0.25) is 11.8 Å². The molecule has 1 saturated carbocycles. The van der Waals surface area contributed by atoms with E-state index in [-0.39, 0.29) is 47.8 Å². The van der Waals surface area contributed by atoms with Gasteiger partial charge in [0.15, 0.2) is 0 Å². The van der Waals surface area contributed by atoms with E-state index >= 15 is 0 Å². The minimum atomic E-state index is -0.364. The number of piperidine rings is 1. The second kappa shape index (κ2) is 8.49. The predicted octanol–water partition coefficient (Wildman–Crippen LogP) is 2.06. The molecule has 0 aromatic rings. The minimum Gasteiger partial charge on any atom is -0.380 e. The molecule has 0 bridgehead atoms. The third kappa shape index (κ3) is 4.05. The number of piperazine rings is 1. The first-order valence-electron chi connectivity index (χ1n) is 11.0. The number of rotatable bonds is 4. The van der Waals surface area contributed by atoms with Gasteiger partial charge in [0.25, 0.3) is 0 Å². The maximum atomic E-state index is 13.5. The Labute approximate surface area is 173 Å². The molecule has 6 nitrogen and oxygen atoms in total. The van der Waals surface area contributed by atoms with Crippen molar-refractivity contribution in [2.75, 3.05) is 32.8 Å². The normalized spacial score (nSPS) is 40.5. The third-order valence-electron chi connectivity index (χ3n) is 7.25. The van der Waals surface area contributed by atoms with Crippen LogP contribution in [0.1, 0.15) is 46.0 Å². The fourth-order valence-electron chi connectivity index (χ4n) is 5.39. The Kier molecular flexibility index (Phi) is 6.19. The van der Waals surface area contributed by atoms with Crippen LogP contribution in [0.5, 0.6) is 0 Å². The van der Waals surface area contributed by atoms with Gasteiger partial charge in [-0.05, 0) is 37.0 Å². The predicted molar refractivity (Wildman–Crippen MR) is 108 cm³/mol. The molecule has 0 aromatic heterocycles. The summed E-state index contributed by atoms with van der Waals surface area (Å²) in [5, 5.41) is 3.49. The van der Waals surface area contributed by atoms with Crippen LogP contribution in [0.2, 0.25) is 0 Å². The summed E-state index contributed by atoms with van der Waals surface area (Å²) >= 11 is 6.28. The molecule has 3 saturated heterocycles. The summed E-state index contributed by atoms with van der Waals surface area (Å²) in [6.45, 7) is 7.16. The average molecular weight is 412 g/mol. The molecule has 3 unspecified atom stereocenters. The van der Waals surface area contributed by atoms with Gasteiger partial charge in [-0.3, -0.25) is 14.9 Å². The van der Waals surface area contributed by atoms with Crippen molar-refractivity contribution in [1.82, 2.24) is 15.1 Å². The number of halogens is 1. The summed E-state index contributed by atoms with van der Waals surface area (Å²) in [4.78, 5) is 30.4. The highest BCUT2D eigenvalue weighted by atomic mass is 35.5. The third-order valence-corrected chi connectivity index (χ3v) is 7.58. The van der Waals surface area contributed by atoms with Gasteiger partial charge >= 0.3 is 0 Å². The zero-order chi connectivity index (χ0) is 19.8. The van der Waals surface area contributed by atoms with Crippen molar-refractivity contribution in [3.05, 3.63) is 0 Å². The quantitative estimate of drug-likeness (QED) is 0.719. The molecule has 4 aliphatic rings. The maximum absolute atomic E-state index is 13.5. The Hall–Kier alpha value is -0.850. The van der Waals surface area contributed by atoms with Gasteiger partial charge in [-0.15, -0.1) is 11.6 Å². The molecule has 4 rings (SSSR count). The van der Waals surface area contributed by atoms with Crippen molar-refractivity contribution >= 4 is 23.4 Å². The summed E-state index contributed by atoms with van der Waals surface area (Å²) < 4.78 is 5.40. The van der Waals surface area contributed by atoms with Crippen LogP contribution in [0.25, 0.3) is 0 Å². The second-order valence-electron chi connectivity index (χ2n) is 9.54. The Balaban J connectivity index is 1.49. The lowest BCUT2D eigenvalue weighted by atomic mass is 9.82. The van der Waals surface area contributed by atoms with E-state index in [9.17, 15) is 9.59 Å². The first-order chi connectivity index (χ1) is 13.4. The molecule has 2 amide bonds. The van der Waals surface area contributed by atoms with E-state index in [1.54, 1.807) is 4.90 Å². The zero-order valence-electron chi connectivity index (χ0n) is 17.1. The molecule has 3 heterocycles. The van der Waals surface area contributed by atoms with E-state index in [1.165, 1.54) is 12.8 Å². The van der Waals surface area contributed by atoms with E-state index in [2.05, 4.69) is 19.2 Å². The van der Waals surface area contributed by atoms with Crippen LogP contribution in [-0.4, -0.2) is 72.0 Å². The number of ether oxygens (including phenoxy) is 1. The molecule has 158 valence electrons. The molecule has 7 heteroatoms. The van der Waals surface area contributed by atoms with Gasteiger partial charge in [-0.1, -0.05) is 26.7 Å². The van der Waals surface area contributed by atoms with Crippen LogP contribution in [0.4, 0.5) is 0 Å². The van der Waals surface area contributed by atoms with Gasteiger partial charge in [-0.2, -0.15) is 0 Å². The molecule has 3 aliphatic heterocycles. The van der Waals surface area contributed by atoms with Crippen molar-refractivity contribution < 1.29 is 14.3 Å². The molecule has 28 heavy (non-hydrogen) atoms. The topological polar surface area (TPSA) is 61.9 Å². The van der Waals surface area contributed by atoms with Crippen LogP contribution in [0.15, 0.2) is 0 Å². The van der Waals surface area contributed by atoms with Gasteiger partial charge in [-0.25, -0.2) is 0 Å². The van der Waals surface area contributed by atoms with E-state index in [0.29, 0.717) is 25.7 Å². The highest BCUT2D eigenvalue weighted by molar-refractivity contribution is 6.20. The van der Waals surface area contributed by atoms with Gasteiger partial charge < -0.3 is 14.5 Å². The van der Waals surface area contributed by atoms with Crippen LogP contribution in [0, 0.1) is 23.7 Å². The molecule has 0 spiro atoms. The number of hydrogen-bond donors (Lipinski definition) is 1. The Bertz CT molecular complexity index is 591. The lowest BCUT2D eigenvalue weighted by molar-refractivity contribution is -0.173. The summed E-state index contributed by atoms with van der Waals surface area (Å²) in [6, 6.07) is -0.364. The Morgan fingerprint density at radius 2 is 1.86 bits per heavy atom. The highest BCUT2D eigenvalue weighted by Gasteiger charge is 2.49. The maximum Gasteiger partial charge on any atom is 0.247 e. The summed E-state index contributed by atoms with van der Waals surface area (Å²) in [7, 11) is 0. The van der Waals surface area contributed by atoms with Crippen LogP contribution in [-0.2, 0) is 14.3 Å². The fraction of sp³-hybridized carbons (Fsp3) is 0.905. The first kappa shape index (κ1) is 20.4.